The molecule has 0 radical (unpaired) electrons. The van der Waals surface area contributed by atoms with Crippen LogP contribution in [0.2, 0.25) is 0 Å². The summed E-state index contributed by atoms with van der Waals surface area (Å²) in [4.78, 5) is 57.6. The minimum Gasteiger partial charge on any atom is -0.431 e. The third kappa shape index (κ3) is 4.49. The molecule has 1 aliphatic carbocycles. The zero-order chi connectivity index (χ0) is 27.3. The first-order chi connectivity index (χ1) is 18.1. The van der Waals surface area contributed by atoms with Crippen LogP contribution in [0.25, 0.3) is 10.4 Å². The first-order valence-corrected chi connectivity index (χ1v) is 13.7. The predicted molar refractivity (Wildman–Crippen MR) is 135 cm³/mol. The second-order valence-electron chi connectivity index (χ2n) is 10.2. The van der Waals surface area contributed by atoms with Gasteiger partial charge in [-0.15, -0.1) is 11.3 Å². The van der Waals surface area contributed by atoms with Crippen molar-refractivity contribution in [3.8, 4) is 0 Å². The molecule has 38 heavy (non-hydrogen) atoms. The van der Waals surface area contributed by atoms with Gasteiger partial charge in [-0.3, -0.25) is 14.0 Å². The van der Waals surface area contributed by atoms with E-state index in [0.29, 0.717) is 21.0 Å². The van der Waals surface area contributed by atoms with E-state index in [0.717, 1.165) is 32.1 Å². The largest absolute Gasteiger partial charge is 0.511 e. The zero-order valence-corrected chi connectivity index (χ0v) is 22.5. The average Bonchev–Trinajstić information content (AvgIpc) is 3.48. The lowest BCUT2D eigenvalue weighted by atomic mass is 9.77. The number of ketones is 1. The Bertz CT molecular complexity index is 1320. The topological polar surface area (TPSA) is 137 Å². The Hall–Kier alpha value is -3.25. The quantitative estimate of drug-likeness (QED) is 0.240. The van der Waals surface area contributed by atoms with Crippen molar-refractivity contribution < 1.29 is 38.5 Å². The summed E-state index contributed by atoms with van der Waals surface area (Å²) in [5.74, 6) is -2.36. The Balaban J connectivity index is 1.41. The Morgan fingerprint density at radius 1 is 1.16 bits per heavy atom. The molecule has 0 aromatic carbocycles. The van der Waals surface area contributed by atoms with Crippen molar-refractivity contribution in [1.82, 2.24) is 14.3 Å². The van der Waals surface area contributed by atoms with Crippen LogP contribution < -0.4 is 0 Å². The molecule has 2 aromatic rings. The number of aromatic nitrogens is 2. The molecule has 204 valence electrons. The van der Waals surface area contributed by atoms with Gasteiger partial charge in [-0.25, -0.2) is 14.6 Å². The molecule has 0 bridgehead atoms. The Morgan fingerprint density at radius 3 is 2.53 bits per heavy atom. The van der Waals surface area contributed by atoms with Crippen molar-refractivity contribution in [2.75, 3.05) is 0 Å². The third-order valence-electron chi connectivity index (χ3n) is 7.53. The average molecular weight is 546 g/mol. The van der Waals surface area contributed by atoms with Crippen LogP contribution in [0.4, 0.5) is 4.79 Å². The molecule has 1 N–H and O–H groups in total. The highest BCUT2D eigenvalue weighted by molar-refractivity contribution is 7.18. The van der Waals surface area contributed by atoms with E-state index >= 15 is 0 Å². The molecule has 2 aromatic heterocycles. The van der Waals surface area contributed by atoms with E-state index in [1.54, 1.807) is 17.5 Å². The highest BCUT2D eigenvalue weighted by atomic mass is 32.1. The molecule has 11 nitrogen and oxygen atoms in total. The third-order valence-corrected chi connectivity index (χ3v) is 8.67. The molecule has 0 spiro atoms. The van der Waals surface area contributed by atoms with Crippen LogP contribution in [0.3, 0.4) is 0 Å². The number of nitrogens with zero attached hydrogens (tertiary/aromatic N) is 3. The van der Waals surface area contributed by atoms with Gasteiger partial charge < -0.3 is 24.2 Å². The minimum absolute atomic E-state index is 0.0438. The molecule has 5 rings (SSSR count). The van der Waals surface area contributed by atoms with Gasteiger partial charge in [0, 0.05) is 31.5 Å². The van der Waals surface area contributed by atoms with Crippen molar-refractivity contribution in [3.05, 3.63) is 28.8 Å². The van der Waals surface area contributed by atoms with E-state index in [4.69, 9.17) is 14.2 Å². The number of esters is 1. The fourth-order valence-corrected chi connectivity index (χ4v) is 7.03. The van der Waals surface area contributed by atoms with E-state index in [1.807, 2.05) is 6.92 Å². The van der Waals surface area contributed by atoms with Crippen LogP contribution in [0.15, 0.2) is 18.2 Å². The lowest BCUT2D eigenvalue weighted by Gasteiger charge is -2.46. The molecule has 2 fully saturated rings. The highest BCUT2D eigenvalue weighted by Gasteiger charge is 2.60. The van der Waals surface area contributed by atoms with Gasteiger partial charge >= 0.3 is 12.1 Å². The van der Waals surface area contributed by atoms with Crippen LogP contribution in [0.1, 0.15) is 75.2 Å². The van der Waals surface area contributed by atoms with E-state index in [-0.39, 0.29) is 29.4 Å². The number of Topliss-reactive ketones (excluding diaryl/α,β-unsaturated/α-hetero) is 1. The SMILES string of the molecule is CC(=O)c1ncn2cc(C3=C(C(=O)OC(C)OC(=O)OC4CCCCC4)N4C(=O)[C@H]([C@@H](C)O)[C@H]4[C@H]3C)sc12. The molecule has 3 aliphatic rings. The predicted octanol–water partition coefficient (Wildman–Crippen LogP) is 3.54. The number of carbonyl (C=O) groups excluding carboxylic acids is 4. The van der Waals surface area contributed by atoms with Crippen LogP contribution in [-0.4, -0.2) is 67.7 Å². The summed E-state index contributed by atoms with van der Waals surface area (Å²) in [6.45, 7) is 6.28. The van der Waals surface area contributed by atoms with Crippen LogP contribution >= 0.6 is 11.3 Å². The number of ether oxygens (including phenoxy) is 3. The summed E-state index contributed by atoms with van der Waals surface area (Å²) in [7, 11) is 0. The number of hydrogen-bond donors (Lipinski definition) is 1. The maximum Gasteiger partial charge on any atom is 0.511 e. The number of aliphatic hydroxyl groups is 1. The second kappa shape index (κ2) is 10.1. The molecule has 1 saturated heterocycles. The number of β-lactam (4-membered cyclic amide) rings is 1. The number of hydrogen-bond acceptors (Lipinski definition) is 10. The first-order valence-electron chi connectivity index (χ1n) is 12.9. The monoisotopic (exact) mass is 545 g/mol. The Morgan fingerprint density at radius 2 is 1.87 bits per heavy atom. The number of fused-ring (bicyclic) bond motifs is 2. The molecule has 4 heterocycles. The number of thiazole rings is 1. The van der Waals surface area contributed by atoms with Crippen LogP contribution in [0, 0.1) is 11.8 Å². The number of imidazole rings is 1. The van der Waals surface area contributed by atoms with Gasteiger partial charge in [-0.1, -0.05) is 13.3 Å². The summed E-state index contributed by atoms with van der Waals surface area (Å²) >= 11 is 1.28. The van der Waals surface area contributed by atoms with Gasteiger partial charge in [0.2, 0.25) is 12.2 Å². The second-order valence-corrected chi connectivity index (χ2v) is 11.2. The maximum absolute atomic E-state index is 13.5. The molecular weight excluding hydrogens is 514 g/mol. The van der Waals surface area contributed by atoms with Crippen molar-refractivity contribution in [2.45, 2.75) is 84.3 Å². The molecule has 1 unspecified atom stereocenters. The van der Waals surface area contributed by atoms with E-state index in [2.05, 4.69) is 4.98 Å². The summed E-state index contributed by atoms with van der Waals surface area (Å²) in [5, 5.41) is 10.2. The number of rotatable bonds is 7. The van der Waals surface area contributed by atoms with Crippen LogP contribution in [0.5, 0.6) is 0 Å². The van der Waals surface area contributed by atoms with Crippen molar-refractivity contribution in [3.63, 3.8) is 0 Å². The summed E-state index contributed by atoms with van der Waals surface area (Å²) in [6, 6.07) is -0.431. The Kier molecular flexibility index (Phi) is 7.03. The smallest absolute Gasteiger partial charge is 0.431 e. The van der Waals surface area contributed by atoms with Gasteiger partial charge in [0.25, 0.3) is 0 Å². The normalized spacial score (nSPS) is 25.1. The molecule has 2 aliphatic heterocycles. The maximum atomic E-state index is 13.5. The molecular formula is C26H31N3O8S. The summed E-state index contributed by atoms with van der Waals surface area (Å²) in [6.07, 6.45) is 4.64. The number of carbonyl (C=O) groups is 4. The van der Waals surface area contributed by atoms with Gasteiger partial charge in [0.05, 0.1) is 22.9 Å². The van der Waals surface area contributed by atoms with Crippen molar-refractivity contribution in [2.24, 2.45) is 11.8 Å². The van der Waals surface area contributed by atoms with E-state index < -0.39 is 36.5 Å². The van der Waals surface area contributed by atoms with E-state index in [9.17, 15) is 24.3 Å². The lowest BCUT2D eigenvalue weighted by Crippen LogP contribution is -2.63. The molecule has 12 heteroatoms. The zero-order valence-electron chi connectivity index (χ0n) is 21.7. The standard InChI is InChI=1S/C26H31N3O8S/c1-12-18(17-10-28-11-27-20(14(3)31)24(28)38-17)22(29-21(12)19(13(2)30)23(29)32)25(33)35-15(4)36-26(34)37-16-8-6-5-7-9-16/h10-13,15-16,19,21,30H,5-9H2,1-4H3/t12-,13+,15?,19+,21+/m0/s1. The van der Waals surface area contributed by atoms with Crippen molar-refractivity contribution >= 4 is 45.6 Å². The number of amides is 1. The summed E-state index contributed by atoms with van der Waals surface area (Å²) in [5.41, 5.74) is 0.926. The van der Waals surface area contributed by atoms with Crippen LogP contribution in [-0.2, 0) is 23.8 Å². The lowest BCUT2D eigenvalue weighted by molar-refractivity contribution is -0.174. The Labute approximate surface area is 223 Å². The highest BCUT2D eigenvalue weighted by Crippen LogP contribution is 2.51. The molecule has 1 saturated carbocycles. The summed E-state index contributed by atoms with van der Waals surface area (Å²) < 4.78 is 17.7. The first kappa shape index (κ1) is 26.4. The van der Waals surface area contributed by atoms with Crippen molar-refractivity contribution in [1.29, 1.82) is 0 Å². The molecule has 1 amide bonds. The number of aliphatic hydroxyl groups excluding tert-OH is 1. The van der Waals surface area contributed by atoms with Gasteiger partial charge in [-0.05, 0) is 32.6 Å². The van der Waals surface area contributed by atoms with E-state index in [1.165, 1.54) is 36.4 Å². The fraction of sp³-hybridized carbons (Fsp3) is 0.577. The fourth-order valence-electron chi connectivity index (χ4n) is 5.76. The van der Waals surface area contributed by atoms with Gasteiger partial charge in [0.15, 0.2) is 5.78 Å². The van der Waals surface area contributed by atoms with Gasteiger partial charge in [0.1, 0.15) is 28.7 Å². The minimum atomic E-state index is -1.25. The molecule has 5 atom stereocenters. The van der Waals surface area contributed by atoms with Gasteiger partial charge in [-0.2, -0.15) is 0 Å².